The molecular weight excluding hydrogens is 474 g/mol. The predicted octanol–water partition coefficient (Wildman–Crippen LogP) is 5.22. The lowest BCUT2D eigenvalue weighted by Gasteiger charge is -2.05. The fourth-order valence-electron chi connectivity index (χ4n) is 3.07. The molecule has 0 aliphatic heterocycles. The van der Waals surface area contributed by atoms with E-state index in [4.69, 9.17) is 4.74 Å². The maximum Gasteiger partial charge on any atom is 0.271 e. The van der Waals surface area contributed by atoms with Gasteiger partial charge in [0.05, 0.1) is 28.4 Å². The smallest absolute Gasteiger partial charge is 0.271 e. The monoisotopic (exact) mass is 493 g/mol. The van der Waals surface area contributed by atoms with E-state index in [0.717, 1.165) is 26.9 Å². The standard InChI is InChI=1S/C23H19N5O4S2/c1-14-22(34-23(24-14)15-5-3-8-18(11-15)32-2)19-9-10-21(27-26-19)33-13-20(29)25-16-6-4-7-17(12-16)28(30)31/h3-12H,13H2,1-2H3,(H,25,29). The van der Waals surface area contributed by atoms with E-state index < -0.39 is 4.92 Å². The van der Waals surface area contributed by atoms with Gasteiger partial charge >= 0.3 is 0 Å². The summed E-state index contributed by atoms with van der Waals surface area (Å²) in [5, 5.41) is 23.5. The molecule has 9 nitrogen and oxygen atoms in total. The zero-order valence-corrected chi connectivity index (χ0v) is 19.9. The highest BCUT2D eigenvalue weighted by atomic mass is 32.2. The largest absolute Gasteiger partial charge is 0.497 e. The summed E-state index contributed by atoms with van der Waals surface area (Å²) in [5.74, 6) is 0.566. The van der Waals surface area contributed by atoms with Gasteiger partial charge in [-0.25, -0.2) is 4.98 Å². The van der Waals surface area contributed by atoms with Crippen LogP contribution in [0, 0.1) is 17.0 Å². The van der Waals surface area contributed by atoms with E-state index in [0.29, 0.717) is 16.4 Å². The Balaban J connectivity index is 1.40. The molecule has 0 radical (unpaired) electrons. The van der Waals surface area contributed by atoms with Crippen LogP contribution in [0.15, 0.2) is 65.7 Å². The average molecular weight is 494 g/mol. The number of non-ortho nitro benzene ring substituents is 1. The van der Waals surface area contributed by atoms with Crippen molar-refractivity contribution in [3.63, 3.8) is 0 Å². The van der Waals surface area contributed by atoms with Gasteiger partial charge in [-0.2, -0.15) is 0 Å². The van der Waals surface area contributed by atoms with E-state index in [9.17, 15) is 14.9 Å². The second-order valence-corrected chi connectivity index (χ2v) is 9.06. The molecule has 0 aliphatic rings. The highest BCUT2D eigenvalue weighted by Gasteiger charge is 2.14. The van der Waals surface area contributed by atoms with Gasteiger partial charge in [0, 0.05) is 23.4 Å². The lowest BCUT2D eigenvalue weighted by Crippen LogP contribution is -2.14. The molecule has 0 saturated heterocycles. The minimum absolute atomic E-state index is 0.0835. The average Bonchev–Trinajstić information content (AvgIpc) is 3.25. The highest BCUT2D eigenvalue weighted by Crippen LogP contribution is 2.35. The van der Waals surface area contributed by atoms with Crippen LogP contribution >= 0.6 is 23.1 Å². The third-order valence-corrected chi connectivity index (χ3v) is 6.83. The number of hydrogen-bond donors (Lipinski definition) is 1. The third kappa shape index (κ3) is 5.56. The van der Waals surface area contributed by atoms with E-state index in [-0.39, 0.29) is 17.3 Å². The van der Waals surface area contributed by atoms with Gasteiger partial charge in [0.25, 0.3) is 5.69 Å². The van der Waals surface area contributed by atoms with Gasteiger partial charge in [0.15, 0.2) is 0 Å². The van der Waals surface area contributed by atoms with Crippen molar-refractivity contribution in [3.8, 4) is 26.9 Å². The molecule has 2 aromatic heterocycles. The number of thiazole rings is 1. The number of nitrogens with zero attached hydrogens (tertiary/aromatic N) is 4. The number of benzene rings is 2. The molecule has 2 heterocycles. The van der Waals surface area contributed by atoms with Crippen LogP contribution in [0.5, 0.6) is 5.75 Å². The van der Waals surface area contributed by atoms with Gasteiger partial charge in [-0.05, 0) is 37.3 Å². The number of rotatable bonds is 8. The molecule has 1 N–H and O–H groups in total. The highest BCUT2D eigenvalue weighted by molar-refractivity contribution is 7.99. The van der Waals surface area contributed by atoms with E-state index in [1.807, 2.05) is 37.3 Å². The zero-order chi connectivity index (χ0) is 24.1. The van der Waals surface area contributed by atoms with E-state index in [2.05, 4.69) is 20.5 Å². The summed E-state index contributed by atoms with van der Waals surface area (Å²) in [6.07, 6.45) is 0. The molecule has 4 aromatic rings. The molecule has 172 valence electrons. The van der Waals surface area contributed by atoms with Crippen LogP contribution in [0.25, 0.3) is 21.1 Å². The van der Waals surface area contributed by atoms with Gasteiger partial charge in [-0.3, -0.25) is 14.9 Å². The molecule has 4 rings (SSSR count). The van der Waals surface area contributed by atoms with Crippen LogP contribution in [0.1, 0.15) is 5.69 Å². The lowest BCUT2D eigenvalue weighted by molar-refractivity contribution is -0.384. The summed E-state index contributed by atoms with van der Waals surface area (Å²) < 4.78 is 5.30. The zero-order valence-electron chi connectivity index (χ0n) is 18.2. The summed E-state index contributed by atoms with van der Waals surface area (Å²) in [7, 11) is 1.63. The summed E-state index contributed by atoms with van der Waals surface area (Å²) in [6.45, 7) is 1.93. The Labute approximate surface area is 203 Å². The number of carbonyl (C=O) groups excluding carboxylic acids is 1. The van der Waals surface area contributed by atoms with E-state index in [1.165, 1.54) is 41.3 Å². The number of aryl methyl sites for hydroxylation is 1. The Kier molecular flexibility index (Phi) is 7.14. The third-order valence-electron chi connectivity index (χ3n) is 4.68. The first-order chi connectivity index (χ1) is 16.4. The Morgan fingerprint density at radius 2 is 1.97 bits per heavy atom. The molecule has 11 heteroatoms. The van der Waals surface area contributed by atoms with Crippen LogP contribution < -0.4 is 10.1 Å². The molecule has 2 aromatic carbocycles. The molecule has 0 atom stereocenters. The number of aromatic nitrogens is 3. The summed E-state index contributed by atoms with van der Waals surface area (Å²) in [4.78, 5) is 28.2. The number of thioether (sulfide) groups is 1. The van der Waals surface area contributed by atoms with Crippen LogP contribution in [0.3, 0.4) is 0 Å². The van der Waals surface area contributed by atoms with Gasteiger partial charge in [0.2, 0.25) is 5.91 Å². The first-order valence-corrected chi connectivity index (χ1v) is 11.9. The van der Waals surface area contributed by atoms with Gasteiger partial charge < -0.3 is 10.1 Å². The van der Waals surface area contributed by atoms with Crippen molar-refractivity contribution in [2.75, 3.05) is 18.2 Å². The molecule has 0 spiro atoms. The molecule has 0 unspecified atom stereocenters. The maximum absolute atomic E-state index is 12.2. The number of methoxy groups -OCH3 is 1. The molecule has 0 fully saturated rings. The van der Waals surface area contributed by atoms with Crippen LogP contribution in [0.2, 0.25) is 0 Å². The number of nitro benzene ring substituents is 1. The van der Waals surface area contributed by atoms with Crippen molar-refractivity contribution in [2.45, 2.75) is 11.9 Å². The number of ether oxygens (including phenoxy) is 1. The Bertz CT molecular complexity index is 1340. The van der Waals surface area contributed by atoms with Crippen LogP contribution in [0.4, 0.5) is 11.4 Å². The first-order valence-electron chi connectivity index (χ1n) is 10.1. The minimum atomic E-state index is -0.508. The van der Waals surface area contributed by atoms with Crippen molar-refractivity contribution in [1.29, 1.82) is 0 Å². The summed E-state index contributed by atoms with van der Waals surface area (Å²) >= 11 is 2.75. The normalized spacial score (nSPS) is 10.6. The van der Waals surface area contributed by atoms with Gasteiger partial charge in [-0.1, -0.05) is 30.0 Å². The fraction of sp³-hybridized carbons (Fsp3) is 0.130. The molecule has 0 saturated carbocycles. The number of carbonyl (C=O) groups is 1. The second kappa shape index (κ2) is 10.4. The van der Waals surface area contributed by atoms with Crippen LogP contribution in [-0.2, 0) is 4.79 Å². The minimum Gasteiger partial charge on any atom is -0.497 e. The van der Waals surface area contributed by atoms with Crippen molar-refractivity contribution in [1.82, 2.24) is 15.2 Å². The fourth-order valence-corrected chi connectivity index (χ4v) is 4.71. The number of amides is 1. The number of nitrogens with one attached hydrogen (secondary N) is 1. The van der Waals surface area contributed by atoms with Crippen LogP contribution in [-0.4, -0.2) is 38.9 Å². The quantitative estimate of drug-likeness (QED) is 0.201. The number of nitro groups is 1. The number of anilines is 1. The topological polar surface area (TPSA) is 120 Å². The SMILES string of the molecule is COc1cccc(-c2nc(C)c(-c3ccc(SCC(=O)Nc4cccc([N+](=O)[O-])c4)nn3)s2)c1. The summed E-state index contributed by atoms with van der Waals surface area (Å²) in [5.41, 5.74) is 2.81. The van der Waals surface area contributed by atoms with Crippen molar-refractivity contribution in [3.05, 3.63) is 76.5 Å². The van der Waals surface area contributed by atoms with Gasteiger partial charge in [-0.15, -0.1) is 21.5 Å². The lowest BCUT2D eigenvalue weighted by atomic mass is 10.2. The molecular formula is C23H19N5O4S2. The predicted molar refractivity (Wildman–Crippen MR) is 132 cm³/mol. The summed E-state index contributed by atoms with van der Waals surface area (Å²) in [6, 6.07) is 17.2. The molecule has 34 heavy (non-hydrogen) atoms. The van der Waals surface area contributed by atoms with Crippen molar-refractivity contribution >= 4 is 40.4 Å². The Morgan fingerprint density at radius 1 is 1.15 bits per heavy atom. The van der Waals surface area contributed by atoms with Crippen molar-refractivity contribution < 1.29 is 14.5 Å². The Hall–Kier alpha value is -3.83. The first kappa shape index (κ1) is 23.3. The van der Waals surface area contributed by atoms with E-state index >= 15 is 0 Å². The second-order valence-electron chi connectivity index (χ2n) is 7.07. The van der Waals surface area contributed by atoms with E-state index in [1.54, 1.807) is 19.2 Å². The molecule has 0 bridgehead atoms. The molecule has 1 amide bonds. The maximum atomic E-state index is 12.2. The van der Waals surface area contributed by atoms with Gasteiger partial charge in [0.1, 0.15) is 21.5 Å². The van der Waals surface area contributed by atoms with Crippen molar-refractivity contribution in [2.24, 2.45) is 0 Å². The number of hydrogen-bond acceptors (Lipinski definition) is 9. The molecule has 0 aliphatic carbocycles. The Morgan fingerprint density at radius 3 is 2.71 bits per heavy atom.